The monoisotopic (exact) mass is 317 g/mol. The van der Waals surface area contributed by atoms with Crippen molar-refractivity contribution in [2.24, 2.45) is 7.05 Å². The molecule has 0 amide bonds. The highest BCUT2D eigenvalue weighted by Gasteiger charge is 2.31. The van der Waals surface area contributed by atoms with Crippen molar-refractivity contribution in [2.45, 2.75) is 17.5 Å². The Kier molecular flexibility index (Phi) is 4.36. The fourth-order valence-electron chi connectivity index (χ4n) is 1.85. The predicted molar refractivity (Wildman–Crippen MR) is 74.0 cm³/mol. The quantitative estimate of drug-likeness (QED) is 0.881. The summed E-state index contributed by atoms with van der Waals surface area (Å²) in [6, 6.07) is 2.89. The molecule has 0 radical (unpaired) electrons. The molecule has 0 bridgehead atoms. The number of aryl methyl sites for hydroxylation is 2. The number of nitrogens with two attached hydrogens (primary N) is 1. The van der Waals surface area contributed by atoms with Crippen LogP contribution in [0.4, 0.5) is 18.9 Å². The van der Waals surface area contributed by atoms with Gasteiger partial charge in [-0.25, -0.2) is 0 Å². The number of aromatic nitrogens is 2. The van der Waals surface area contributed by atoms with Gasteiger partial charge in [-0.3, -0.25) is 8.89 Å². The van der Waals surface area contributed by atoms with Gasteiger partial charge in [0.1, 0.15) is 0 Å². The molecule has 2 aromatic rings. The molecule has 0 aliphatic carbocycles. The summed E-state index contributed by atoms with van der Waals surface area (Å²) in [5, 5.41) is 3.99. The zero-order chi connectivity index (χ0) is 15.6. The molecule has 0 aliphatic rings. The summed E-state index contributed by atoms with van der Waals surface area (Å²) in [5.74, 6) is 0.279. The lowest BCUT2D eigenvalue weighted by atomic mass is 10.2. The van der Waals surface area contributed by atoms with Gasteiger partial charge in [-0.15, -0.1) is 0 Å². The van der Waals surface area contributed by atoms with Crippen LogP contribution in [0.2, 0.25) is 0 Å². The second kappa shape index (κ2) is 5.88. The number of halogens is 3. The van der Waals surface area contributed by atoms with Crippen molar-refractivity contribution in [1.29, 1.82) is 0 Å². The van der Waals surface area contributed by atoms with Crippen LogP contribution in [-0.2, 0) is 30.4 Å². The second-order valence-electron chi connectivity index (χ2n) is 4.57. The first-order valence-corrected chi connectivity index (χ1v) is 7.42. The largest absolute Gasteiger partial charge is 0.416 e. The van der Waals surface area contributed by atoms with E-state index in [1.165, 1.54) is 6.07 Å². The van der Waals surface area contributed by atoms with Gasteiger partial charge in [0.05, 0.1) is 27.5 Å². The van der Waals surface area contributed by atoms with Gasteiger partial charge in [0.2, 0.25) is 0 Å². The van der Waals surface area contributed by atoms with E-state index in [9.17, 15) is 17.4 Å². The lowest BCUT2D eigenvalue weighted by Gasteiger charge is -2.10. The highest BCUT2D eigenvalue weighted by molar-refractivity contribution is 7.85. The van der Waals surface area contributed by atoms with Crippen LogP contribution in [-0.4, -0.2) is 19.7 Å². The van der Waals surface area contributed by atoms with Crippen molar-refractivity contribution in [1.82, 2.24) is 9.78 Å². The van der Waals surface area contributed by atoms with Gasteiger partial charge in [0.25, 0.3) is 0 Å². The number of alkyl halides is 3. The Morgan fingerprint density at radius 1 is 1.38 bits per heavy atom. The molecule has 0 spiro atoms. The van der Waals surface area contributed by atoms with E-state index in [-0.39, 0.29) is 16.3 Å². The van der Waals surface area contributed by atoms with E-state index in [4.69, 9.17) is 5.73 Å². The molecule has 0 saturated carbocycles. The van der Waals surface area contributed by atoms with Crippen LogP contribution >= 0.6 is 0 Å². The molecule has 1 heterocycles. The van der Waals surface area contributed by atoms with Crippen LogP contribution in [0, 0.1) is 0 Å². The first kappa shape index (κ1) is 15.6. The highest BCUT2D eigenvalue weighted by atomic mass is 32.2. The highest BCUT2D eigenvalue weighted by Crippen LogP contribution is 2.32. The number of rotatable bonds is 4. The van der Waals surface area contributed by atoms with Gasteiger partial charge in [-0.05, 0) is 30.2 Å². The molecule has 1 aromatic carbocycles. The van der Waals surface area contributed by atoms with Gasteiger partial charge < -0.3 is 5.73 Å². The van der Waals surface area contributed by atoms with Gasteiger partial charge in [0.15, 0.2) is 0 Å². The standard InChI is InChI=1S/C13H14F3N3OS/c1-19-8-9(7-18-19)4-5-21(20)12-3-2-10(6-11(12)17)13(14,15)16/h2-3,6-8H,4-5,17H2,1H3. The molecular formula is C13H14F3N3OS. The zero-order valence-electron chi connectivity index (χ0n) is 11.2. The van der Waals surface area contributed by atoms with Crippen LogP contribution in [0.1, 0.15) is 11.1 Å². The third-order valence-electron chi connectivity index (χ3n) is 2.92. The first-order valence-electron chi connectivity index (χ1n) is 6.10. The van der Waals surface area contributed by atoms with Gasteiger partial charge >= 0.3 is 6.18 Å². The minimum Gasteiger partial charge on any atom is -0.398 e. The van der Waals surface area contributed by atoms with Gasteiger partial charge in [-0.2, -0.15) is 18.3 Å². The molecule has 1 unspecified atom stereocenters. The summed E-state index contributed by atoms with van der Waals surface area (Å²) in [5.41, 5.74) is 5.55. The Labute approximate surface area is 122 Å². The van der Waals surface area contributed by atoms with E-state index in [2.05, 4.69) is 5.10 Å². The summed E-state index contributed by atoms with van der Waals surface area (Å²) < 4.78 is 51.4. The lowest BCUT2D eigenvalue weighted by molar-refractivity contribution is -0.137. The molecular weight excluding hydrogens is 303 g/mol. The van der Waals surface area contributed by atoms with Crippen LogP contribution in [0.15, 0.2) is 35.5 Å². The van der Waals surface area contributed by atoms with Crippen molar-refractivity contribution in [3.8, 4) is 0 Å². The zero-order valence-corrected chi connectivity index (χ0v) is 12.0. The van der Waals surface area contributed by atoms with Crippen molar-refractivity contribution in [3.63, 3.8) is 0 Å². The average molecular weight is 317 g/mol. The molecule has 8 heteroatoms. The summed E-state index contributed by atoms with van der Waals surface area (Å²) in [4.78, 5) is 0.229. The second-order valence-corrected chi connectivity index (χ2v) is 6.11. The van der Waals surface area contributed by atoms with E-state index in [1.54, 1.807) is 24.1 Å². The molecule has 2 N–H and O–H groups in total. The molecule has 2 rings (SSSR count). The Hall–Kier alpha value is -1.83. The first-order chi connectivity index (χ1) is 9.77. The number of hydrogen-bond donors (Lipinski definition) is 1. The maximum absolute atomic E-state index is 12.5. The molecule has 1 aromatic heterocycles. The Morgan fingerprint density at radius 2 is 2.10 bits per heavy atom. The molecule has 0 aliphatic heterocycles. The SMILES string of the molecule is Cn1cc(CCS(=O)c2ccc(C(F)(F)F)cc2N)cn1. The third kappa shape index (κ3) is 3.84. The number of anilines is 1. The number of nitrogen functional groups attached to an aromatic ring is 1. The minimum absolute atomic E-state index is 0.102. The van der Waals surface area contributed by atoms with Crippen LogP contribution in [0.5, 0.6) is 0 Å². The molecule has 4 nitrogen and oxygen atoms in total. The van der Waals surface area contributed by atoms with E-state index in [0.29, 0.717) is 6.42 Å². The van der Waals surface area contributed by atoms with Crippen molar-refractivity contribution in [2.75, 3.05) is 11.5 Å². The number of benzene rings is 1. The van der Waals surface area contributed by atoms with Crippen LogP contribution in [0.3, 0.4) is 0 Å². The van der Waals surface area contributed by atoms with E-state index >= 15 is 0 Å². The normalized spacial score (nSPS) is 13.3. The van der Waals surface area contributed by atoms with Gasteiger partial charge in [-0.1, -0.05) is 0 Å². The topological polar surface area (TPSA) is 60.9 Å². The smallest absolute Gasteiger partial charge is 0.398 e. The molecule has 114 valence electrons. The lowest BCUT2D eigenvalue weighted by Crippen LogP contribution is -2.09. The Bertz CT molecular complexity index is 667. The molecule has 0 saturated heterocycles. The van der Waals surface area contributed by atoms with E-state index in [1.807, 2.05) is 0 Å². The summed E-state index contributed by atoms with van der Waals surface area (Å²) in [7, 11) is 0.321. The predicted octanol–water partition coefficient (Wildman–Crippen LogP) is 2.37. The van der Waals surface area contributed by atoms with E-state index in [0.717, 1.165) is 17.7 Å². The molecule has 0 fully saturated rings. The van der Waals surface area contributed by atoms with Crippen LogP contribution in [0.25, 0.3) is 0 Å². The average Bonchev–Trinajstić information content (AvgIpc) is 2.80. The summed E-state index contributed by atoms with van der Waals surface area (Å²) in [6.07, 6.45) is -0.481. The van der Waals surface area contributed by atoms with Crippen molar-refractivity contribution >= 4 is 16.5 Å². The molecule has 21 heavy (non-hydrogen) atoms. The van der Waals surface area contributed by atoms with Crippen molar-refractivity contribution in [3.05, 3.63) is 41.7 Å². The van der Waals surface area contributed by atoms with Crippen LogP contribution < -0.4 is 5.73 Å². The Balaban J connectivity index is 2.09. The fourth-order valence-corrected chi connectivity index (χ4v) is 3.04. The van der Waals surface area contributed by atoms with Gasteiger partial charge in [0, 0.05) is 24.7 Å². The fraction of sp³-hybridized carbons (Fsp3) is 0.308. The number of hydrogen-bond acceptors (Lipinski definition) is 3. The molecule has 1 atom stereocenters. The summed E-state index contributed by atoms with van der Waals surface area (Å²) >= 11 is 0. The van der Waals surface area contributed by atoms with Crippen molar-refractivity contribution < 1.29 is 17.4 Å². The minimum atomic E-state index is -4.45. The Morgan fingerprint density at radius 3 is 2.62 bits per heavy atom. The van der Waals surface area contributed by atoms with E-state index < -0.39 is 22.5 Å². The maximum atomic E-state index is 12.5. The maximum Gasteiger partial charge on any atom is 0.416 e. The number of nitrogens with zero attached hydrogens (tertiary/aromatic N) is 2. The summed E-state index contributed by atoms with van der Waals surface area (Å²) in [6.45, 7) is 0. The third-order valence-corrected chi connectivity index (χ3v) is 4.35.